The largest absolute Gasteiger partial charge is 0.355 e. The lowest BCUT2D eigenvalue weighted by molar-refractivity contribution is -0.124. The van der Waals surface area contributed by atoms with E-state index in [0.717, 1.165) is 44.1 Å². The molecule has 1 atom stereocenters. The summed E-state index contributed by atoms with van der Waals surface area (Å²) in [4.78, 5) is 25.5. The highest BCUT2D eigenvalue weighted by atomic mass is 35.5. The molecule has 2 aliphatic rings. The van der Waals surface area contributed by atoms with E-state index in [0.29, 0.717) is 23.7 Å². The van der Waals surface area contributed by atoms with Crippen LogP contribution in [0.15, 0.2) is 53.4 Å². The van der Waals surface area contributed by atoms with Gasteiger partial charge in [0.15, 0.2) is 0 Å². The van der Waals surface area contributed by atoms with Gasteiger partial charge in [0.05, 0.1) is 4.90 Å². The van der Waals surface area contributed by atoms with Crippen LogP contribution in [0.2, 0.25) is 5.02 Å². The highest BCUT2D eigenvalue weighted by Crippen LogP contribution is 2.27. The van der Waals surface area contributed by atoms with Crippen LogP contribution in [-0.4, -0.2) is 37.1 Å². The van der Waals surface area contributed by atoms with Gasteiger partial charge in [-0.1, -0.05) is 43.0 Å². The third-order valence-corrected chi connectivity index (χ3v) is 8.93. The van der Waals surface area contributed by atoms with E-state index in [4.69, 9.17) is 11.6 Å². The average molecular weight is 518 g/mol. The third-order valence-electron chi connectivity index (χ3n) is 6.81. The molecule has 2 N–H and O–H groups in total. The number of nitrogens with one attached hydrogen (secondary N) is 2. The molecule has 2 amide bonds. The lowest BCUT2D eigenvalue weighted by Crippen LogP contribution is -2.48. The van der Waals surface area contributed by atoms with Gasteiger partial charge < -0.3 is 10.6 Å². The van der Waals surface area contributed by atoms with Crippen LogP contribution in [0.1, 0.15) is 56.9 Å². The monoisotopic (exact) mass is 517 g/mol. The van der Waals surface area contributed by atoms with Gasteiger partial charge in [0, 0.05) is 29.7 Å². The molecule has 0 bridgehead atoms. The van der Waals surface area contributed by atoms with Crippen LogP contribution in [0.4, 0.5) is 5.69 Å². The Bertz CT molecular complexity index is 1130. The molecule has 1 saturated heterocycles. The van der Waals surface area contributed by atoms with Gasteiger partial charge in [-0.2, -0.15) is 4.31 Å². The number of anilines is 1. The van der Waals surface area contributed by atoms with E-state index in [2.05, 4.69) is 10.6 Å². The molecule has 0 spiro atoms. The molecular formula is C26H32ClN3O4S. The summed E-state index contributed by atoms with van der Waals surface area (Å²) < 4.78 is 28.6. The van der Waals surface area contributed by atoms with E-state index in [1.165, 1.54) is 35.0 Å². The second-order valence-electron chi connectivity index (χ2n) is 9.33. The minimum absolute atomic E-state index is 0.0412. The first kappa shape index (κ1) is 25.7. The third kappa shape index (κ3) is 6.42. The molecule has 0 unspecified atom stereocenters. The Balaban J connectivity index is 1.55. The number of halogens is 1. The van der Waals surface area contributed by atoms with Crippen LogP contribution in [0, 0.1) is 5.92 Å². The first-order chi connectivity index (χ1) is 16.8. The number of carbonyl (C=O) groups excluding carboxylic acids is 2. The van der Waals surface area contributed by atoms with Crippen molar-refractivity contribution >= 4 is 39.1 Å². The molecule has 1 aliphatic heterocycles. The average Bonchev–Trinajstić information content (AvgIpc) is 3.08. The molecule has 1 saturated carbocycles. The van der Waals surface area contributed by atoms with Crippen LogP contribution < -0.4 is 10.6 Å². The summed E-state index contributed by atoms with van der Waals surface area (Å²) in [6.07, 6.45) is 7.22. The Hall–Kier alpha value is -2.42. The normalized spacial score (nSPS) is 19.7. The minimum atomic E-state index is -3.96. The number of hydrogen-bond acceptors (Lipinski definition) is 4. The second kappa shape index (κ2) is 11.5. The number of carbonyl (C=O) groups is 2. The Morgan fingerprint density at radius 1 is 0.943 bits per heavy atom. The van der Waals surface area contributed by atoms with Gasteiger partial charge in [0.25, 0.3) is 0 Å². The van der Waals surface area contributed by atoms with Gasteiger partial charge in [-0.25, -0.2) is 8.42 Å². The number of benzene rings is 2. The van der Waals surface area contributed by atoms with Crippen molar-refractivity contribution in [1.29, 1.82) is 0 Å². The molecule has 35 heavy (non-hydrogen) atoms. The van der Waals surface area contributed by atoms with Crippen molar-refractivity contribution in [2.75, 3.05) is 11.9 Å². The second-order valence-corrected chi connectivity index (χ2v) is 11.7. The van der Waals surface area contributed by atoms with Crippen molar-refractivity contribution < 1.29 is 18.0 Å². The van der Waals surface area contributed by atoms with E-state index in [1.54, 1.807) is 24.3 Å². The number of sulfonamides is 1. The van der Waals surface area contributed by atoms with Crippen molar-refractivity contribution in [3.63, 3.8) is 0 Å². The fourth-order valence-electron chi connectivity index (χ4n) is 4.79. The maximum absolute atomic E-state index is 13.6. The van der Waals surface area contributed by atoms with Gasteiger partial charge in [-0.3, -0.25) is 9.59 Å². The fraction of sp³-hybridized carbons (Fsp3) is 0.462. The highest BCUT2D eigenvalue weighted by Gasteiger charge is 2.36. The lowest BCUT2D eigenvalue weighted by atomic mass is 9.88. The van der Waals surface area contributed by atoms with Gasteiger partial charge in [-0.05, 0) is 74.1 Å². The summed E-state index contributed by atoms with van der Waals surface area (Å²) in [6.45, 7) is 0.583. The molecule has 7 nitrogen and oxygen atoms in total. The number of amides is 2. The zero-order valence-electron chi connectivity index (χ0n) is 19.7. The summed E-state index contributed by atoms with van der Waals surface area (Å²) in [5.41, 5.74) is 1.42. The number of nitrogens with zero attached hydrogens (tertiary/aromatic N) is 1. The first-order valence-electron chi connectivity index (χ1n) is 12.3. The zero-order valence-corrected chi connectivity index (χ0v) is 21.3. The van der Waals surface area contributed by atoms with Crippen LogP contribution in [-0.2, 0) is 26.2 Å². The number of hydrogen-bond donors (Lipinski definition) is 2. The smallest absolute Gasteiger partial charge is 0.244 e. The molecule has 2 fully saturated rings. The van der Waals surface area contributed by atoms with Gasteiger partial charge in [0.1, 0.15) is 6.04 Å². The molecule has 1 aliphatic carbocycles. The van der Waals surface area contributed by atoms with Crippen LogP contribution in [0.5, 0.6) is 0 Å². The topological polar surface area (TPSA) is 95.6 Å². The summed E-state index contributed by atoms with van der Waals surface area (Å²) in [5, 5.41) is 6.27. The maximum Gasteiger partial charge on any atom is 0.244 e. The Morgan fingerprint density at radius 2 is 1.60 bits per heavy atom. The Labute approximate surface area is 212 Å². The van der Waals surface area contributed by atoms with Crippen molar-refractivity contribution in [3.05, 3.63) is 59.1 Å². The quantitative estimate of drug-likeness (QED) is 0.555. The van der Waals surface area contributed by atoms with Gasteiger partial charge in [-0.15, -0.1) is 0 Å². The highest BCUT2D eigenvalue weighted by molar-refractivity contribution is 7.89. The molecule has 2 aromatic rings. The van der Waals surface area contributed by atoms with Crippen LogP contribution in [0.3, 0.4) is 0 Å². The predicted molar refractivity (Wildman–Crippen MR) is 136 cm³/mol. The summed E-state index contributed by atoms with van der Waals surface area (Å²) in [6, 6.07) is 12.4. The Kier molecular flexibility index (Phi) is 8.46. The van der Waals surface area contributed by atoms with Crippen molar-refractivity contribution in [3.8, 4) is 0 Å². The minimum Gasteiger partial charge on any atom is -0.355 e. The zero-order chi connectivity index (χ0) is 24.8. The lowest BCUT2D eigenvalue weighted by Gasteiger charge is -2.29. The maximum atomic E-state index is 13.6. The SMILES string of the molecule is O=C(Nc1ccc(CN([C@@H]2CCCCNC2=O)S(=O)(=O)c2ccc(Cl)cc2)cc1)C1CCCCC1. The predicted octanol–water partition coefficient (Wildman–Crippen LogP) is 4.72. The molecular weight excluding hydrogens is 486 g/mol. The van der Waals surface area contributed by atoms with Crippen LogP contribution in [0.25, 0.3) is 0 Å². The van der Waals surface area contributed by atoms with E-state index in [1.807, 2.05) is 0 Å². The Morgan fingerprint density at radius 3 is 2.29 bits per heavy atom. The van der Waals surface area contributed by atoms with Gasteiger partial charge in [0.2, 0.25) is 21.8 Å². The van der Waals surface area contributed by atoms with Crippen LogP contribution >= 0.6 is 11.6 Å². The molecule has 0 radical (unpaired) electrons. The number of rotatable bonds is 7. The molecule has 1 heterocycles. The summed E-state index contributed by atoms with van der Waals surface area (Å²) in [5.74, 6) is -0.187. The molecule has 0 aromatic heterocycles. The van der Waals surface area contributed by atoms with E-state index in [9.17, 15) is 18.0 Å². The molecule has 188 valence electrons. The van der Waals surface area contributed by atoms with Crippen molar-refractivity contribution in [1.82, 2.24) is 9.62 Å². The van der Waals surface area contributed by atoms with Crippen molar-refractivity contribution in [2.45, 2.75) is 68.8 Å². The van der Waals surface area contributed by atoms with E-state index in [-0.39, 0.29) is 29.2 Å². The van der Waals surface area contributed by atoms with Gasteiger partial charge >= 0.3 is 0 Å². The standard InChI is InChI=1S/C26H32ClN3O4S/c27-21-11-15-23(16-12-21)35(33,34)30(24-8-4-5-17-28-26(24)32)18-19-9-13-22(14-10-19)29-25(31)20-6-2-1-3-7-20/h9-16,20,24H,1-8,17-18H2,(H,28,32)(H,29,31)/t24-/m1/s1. The fourth-order valence-corrected chi connectivity index (χ4v) is 6.52. The molecule has 4 rings (SSSR count). The molecule has 2 aromatic carbocycles. The van der Waals surface area contributed by atoms with Crippen molar-refractivity contribution in [2.24, 2.45) is 5.92 Å². The van der Waals surface area contributed by atoms with E-state index < -0.39 is 16.1 Å². The summed E-state index contributed by atoms with van der Waals surface area (Å²) >= 11 is 5.96. The first-order valence-corrected chi connectivity index (χ1v) is 14.1. The molecule has 9 heteroatoms. The summed E-state index contributed by atoms with van der Waals surface area (Å²) in [7, 11) is -3.96. The van der Waals surface area contributed by atoms with E-state index >= 15 is 0 Å².